The summed E-state index contributed by atoms with van der Waals surface area (Å²) in [4.78, 5) is 35.4. The van der Waals surface area contributed by atoms with Crippen LogP contribution in [0.4, 0.5) is 0 Å². The minimum absolute atomic E-state index is 0.0945. The Kier molecular flexibility index (Phi) is 5.55. The molecule has 0 aliphatic rings. The molecule has 0 radical (unpaired) electrons. The van der Waals surface area contributed by atoms with Gasteiger partial charge in [0.05, 0.1) is 11.3 Å². The quantitative estimate of drug-likeness (QED) is 0.556. The van der Waals surface area contributed by atoms with Crippen LogP contribution in [0.25, 0.3) is 5.69 Å². The van der Waals surface area contributed by atoms with Crippen molar-refractivity contribution >= 4 is 27.8 Å². The van der Waals surface area contributed by atoms with Crippen LogP contribution in [0.2, 0.25) is 0 Å². The Morgan fingerprint density at radius 2 is 1.71 bits per heavy atom. The molecule has 2 aromatic carbocycles. The van der Waals surface area contributed by atoms with Crippen LogP contribution in [-0.2, 0) is 6.54 Å². The lowest BCUT2D eigenvalue weighted by atomic mass is 10.1. The molecule has 142 valence electrons. The van der Waals surface area contributed by atoms with E-state index in [4.69, 9.17) is 5.11 Å². The summed E-state index contributed by atoms with van der Waals surface area (Å²) in [6.07, 6.45) is 0. The van der Waals surface area contributed by atoms with Crippen LogP contribution in [-0.4, -0.2) is 31.9 Å². The first-order valence-electron chi connectivity index (χ1n) is 8.05. The van der Waals surface area contributed by atoms with E-state index < -0.39 is 23.2 Å². The number of nitrogens with one attached hydrogen (secondary N) is 1. The van der Waals surface area contributed by atoms with E-state index >= 15 is 0 Å². The normalized spacial score (nSPS) is 10.5. The lowest BCUT2D eigenvalue weighted by Gasteiger charge is -2.10. The Balaban J connectivity index is 1.81. The van der Waals surface area contributed by atoms with Gasteiger partial charge >= 0.3 is 5.97 Å². The van der Waals surface area contributed by atoms with Crippen LogP contribution in [0, 0.1) is 0 Å². The molecule has 0 aliphatic heterocycles. The number of aromatic carboxylic acids is 1. The molecule has 3 rings (SSSR count). The second-order valence-electron chi connectivity index (χ2n) is 5.79. The van der Waals surface area contributed by atoms with Gasteiger partial charge in [0.25, 0.3) is 11.5 Å². The number of hydrogen-bond acceptors (Lipinski definition) is 5. The van der Waals surface area contributed by atoms with Gasteiger partial charge < -0.3 is 15.5 Å². The van der Waals surface area contributed by atoms with Crippen LogP contribution in [0.5, 0.6) is 5.75 Å². The van der Waals surface area contributed by atoms with Crippen molar-refractivity contribution in [2.75, 3.05) is 0 Å². The van der Waals surface area contributed by atoms with Crippen LogP contribution >= 0.6 is 15.9 Å². The van der Waals surface area contributed by atoms with E-state index in [1.54, 1.807) is 36.4 Å². The summed E-state index contributed by atoms with van der Waals surface area (Å²) in [6.45, 7) is 0.0945. The zero-order valence-corrected chi connectivity index (χ0v) is 15.9. The van der Waals surface area contributed by atoms with Gasteiger partial charge in [-0.15, -0.1) is 0 Å². The Bertz CT molecular complexity index is 1090. The largest absolute Gasteiger partial charge is 0.505 e. The minimum Gasteiger partial charge on any atom is -0.505 e. The number of aromatic hydroxyl groups is 1. The molecule has 0 bridgehead atoms. The van der Waals surface area contributed by atoms with E-state index in [1.807, 2.05) is 0 Å². The SMILES string of the molecule is O=C(O)c1ccc(CNC(=O)c2nn(-c3ccc(Br)cc3)c(=O)cc2O)cc1. The van der Waals surface area contributed by atoms with E-state index in [-0.39, 0.29) is 17.8 Å². The van der Waals surface area contributed by atoms with E-state index in [0.717, 1.165) is 15.2 Å². The van der Waals surface area contributed by atoms with E-state index in [9.17, 15) is 19.5 Å². The Hall–Kier alpha value is -3.46. The molecule has 0 unspecified atom stereocenters. The maximum absolute atomic E-state index is 12.4. The number of benzene rings is 2. The van der Waals surface area contributed by atoms with Gasteiger partial charge in [-0.2, -0.15) is 9.78 Å². The third-order valence-electron chi connectivity index (χ3n) is 3.85. The van der Waals surface area contributed by atoms with Gasteiger partial charge in [0.1, 0.15) is 0 Å². The number of rotatable bonds is 5. The average molecular weight is 444 g/mol. The molecular weight excluding hydrogens is 430 g/mol. The molecular formula is C19H14BrN3O5. The fourth-order valence-corrected chi connectivity index (χ4v) is 2.67. The second kappa shape index (κ2) is 8.05. The number of carbonyl (C=O) groups is 2. The fraction of sp³-hybridized carbons (Fsp3) is 0.0526. The topological polar surface area (TPSA) is 122 Å². The zero-order chi connectivity index (χ0) is 20.3. The molecule has 3 N–H and O–H groups in total. The van der Waals surface area contributed by atoms with Crippen LogP contribution in [0.15, 0.2) is 63.9 Å². The smallest absolute Gasteiger partial charge is 0.335 e. The molecule has 1 heterocycles. The maximum Gasteiger partial charge on any atom is 0.335 e. The van der Waals surface area contributed by atoms with Gasteiger partial charge in [-0.05, 0) is 42.0 Å². The molecule has 28 heavy (non-hydrogen) atoms. The van der Waals surface area contributed by atoms with E-state index in [1.165, 1.54) is 12.1 Å². The highest BCUT2D eigenvalue weighted by Gasteiger charge is 2.17. The molecule has 0 aliphatic carbocycles. The Labute approximate surface area is 167 Å². The van der Waals surface area contributed by atoms with Crippen LogP contribution in [0.3, 0.4) is 0 Å². The van der Waals surface area contributed by atoms with Crippen molar-refractivity contribution in [3.05, 3.63) is 86.2 Å². The highest BCUT2D eigenvalue weighted by molar-refractivity contribution is 9.10. The lowest BCUT2D eigenvalue weighted by molar-refractivity contribution is 0.0696. The van der Waals surface area contributed by atoms with Crippen molar-refractivity contribution in [3.63, 3.8) is 0 Å². The number of carboxylic acids is 1. The number of hydrogen-bond donors (Lipinski definition) is 3. The van der Waals surface area contributed by atoms with Crippen molar-refractivity contribution in [1.29, 1.82) is 0 Å². The summed E-state index contributed by atoms with van der Waals surface area (Å²) in [5.41, 5.74) is 0.354. The van der Waals surface area contributed by atoms with Gasteiger partial charge in [0, 0.05) is 17.1 Å². The summed E-state index contributed by atoms with van der Waals surface area (Å²) < 4.78 is 1.83. The summed E-state index contributed by atoms with van der Waals surface area (Å²) in [6, 6.07) is 13.6. The Morgan fingerprint density at radius 1 is 1.07 bits per heavy atom. The number of halogens is 1. The van der Waals surface area contributed by atoms with Crippen molar-refractivity contribution in [2.45, 2.75) is 6.54 Å². The number of amides is 1. The molecule has 1 aromatic heterocycles. The van der Waals surface area contributed by atoms with Crippen molar-refractivity contribution in [3.8, 4) is 11.4 Å². The molecule has 0 saturated heterocycles. The molecule has 3 aromatic rings. The standard InChI is InChI=1S/C19H14BrN3O5/c20-13-5-7-14(8-6-13)23-16(25)9-15(24)17(22-23)18(26)21-10-11-1-3-12(4-2-11)19(27)28/h1-9,24H,10H2,(H,21,26)(H,27,28). The third kappa shape index (κ3) is 4.26. The maximum atomic E-state index is 12.4. The van der Waals surface area contributed by atoms with Gasteiger partial charge in [0.2, 0.25) is 0 Å². The van der Waals surface area contributed by atoms with E-state index in [2.05, 4.69) is 26.3 Å². The molecule has 9 heteroatoms. The van der Waals surface area contributed by atoms with Gasteiger partial charge in [0.15, 0.2) is 11.4 Å². The number of carboxylic acid groups (broad SMARTS) is 1. The number of aromatic nitrogens is 2. The Morgan fingerprint density at radius 3 is 2.32 bits per heavy atom. The first-order valence-corrected chi connectivity index (χ1v) is 8.84. The predicted octanol–water partition coefficient (Wildman–Crippen LogP) is 2.33. The van der Waals surface area contributed by atoms with Crippen molar-refractivity contribution in [1.82, 2.24) is 15.1 Å². The highest BCUT2D eigenvalue weighted by Crippen LogP contribution is 2.15. The third-order valence-corrected chi connectivity index (χ3v) is 4.38. The predicted molar refractivity (Wildman–Crippen MR) is 104 cm³/mol. The molecule has 8 nitrogen and oxygen atoms in total. The second-order valence-corrected chi connectivity index (χ2v) is 6.71. The molecule has 0 atom stereocenters. The van der Waals surface area contributed by atoms with Crippen LogP contribution in [0.1, 0.15) is 26.4 Å². The van der Waals surface area contributed by atoms with Gasteiger partial charge in [-0.3, -0.25) is 9.59 Å². The first-order chi connectivity index (χ1) is 13.3. The molecule has 1 amide bonds. The molecule has 0 spiro atoms. The van der Waals surface area contributed by atoms with Gasteiger partial charge in [-0.1, -0.05) is 28.1 Å². The fourth-order valence-electron chi connectivity index (χ4n) is 2.41. The summed E-state index contributed by atoms with van der Waals surface area (Å²) in [7, 11) is 0. The zero-order valence-electron chi connectivity index (χ0n) is 14.3. The number of carbonyl (C=O) groups excluding carboxylic acids is 1. The summed E-state index contributed by atoms with van der Waals surface area (Å²) in [5.74, 6) is -2.25. The van der Waals surface area contributed by atoms with Crippen molar-refractivity contribution < 1.29 is 19.8 Å². The molecule has 0 fully saturated rings. The van der Waals surface area contributed by atoms with Crippen molar-refractivity contribution in [2.24, 2.45) is 0 Å². The lowest BCUT2D eigenvalue weighted by Crippen LogP contribution is -2.29. The van der Waals surface area contributed by atoms with E-state index in [0.29, 0.717) is 11.3 Å². The molecule has 0 saturated carbocycles. The highest BCUT2D eigenvalue weighted by atomic mass is 79.9. The minimum atomic E-state index is -1.04. The number of nitrogens with zero attached hydrogens (tertiary/aromatic N) is 2. The monoisotopic (exact) mass is 443 g/mol. The first kappa shape index (κ1) is 19.3. The summed E-state index contributed by atoms with van der Waals surface area (Å²) in [5, 5.41) is 25.4. The van der Waals surface area contributed by atoms with Crippen LogP contribution < -0.4 is 10.9 Å². The average Bonchev–Trinajstić information content (AvgIpc) is 2.67. The van der Waals surface area contributed by atoms with Gasteiger partial charge in [-0.25, -0.2) is 4.79 Å². The summed E-state index contributed by atoms with van der Waals surface area (Å²) >= 11 is 3.30.